The van der Waals surface area contributed by atoms with Gasteiger partial charge in [-0.2, -0.15) is 0 Å². The molecule has 0 aromatic heterocycles. The van der Waals surface area contributed by atoms with E-state index in [0.717, 1.165) is 55.4 Å². The summed E-state index contributed by atoms with van der Waals surface area (Å²) in [5.41, 5.74) is 1.87. The molecule has 0 unspecified atom stereocenters. The number of likely N-dealkylation sites (tertiary alicyclic amines) is 1. The number of nitrogens with one attached hydrogen (secondary N) is 2. The van der Waals surface area contributed by atoms with Crippen molar-refractivity contribution in [2.45, 2.75) is 30.6 Å². The van der Waals surface area contributed by atoms with Crippen LogP contribution in [0.5, 0.6) is 0 Å². The highest BCUT2D eigenvalue weighted by Crippen LogP contribution is 2.37. The van der Waals surface area contributed by atoms with E-state index in [-0.39, 0.29) is 11.8 Å². The van der Waals surface area contributed by atoms with E-state index < -0.39 is 0 Å². The lowest BCUT2D eigenvalue weighted by Crippen LogP contribution is -2.44. The molecule has 3 heterocycles. The summed E-state index contributed by atoms with van der Waals surface area (Å²) in [4.78, 5) is 27.6. The largest absolute Gasteiger partial charge is 0.339 e. The van der Waals surface area contributed by atoms with Gasteiger partial charge in [0.05, 0.1) is 5.69 Å². The van der Waals surface area contributed by atoms with Gasteiger partial charge in [0, 0.05) is 42.3 Å². The molecule has 4 rings (SSSR count). The van der Waals surface area contributed by atoms with Crippen molar-refractivity contribution in [1.29, 1.82) is 0 Å². The standard InChI is InChI=1S/C18H23N3O2S/c22-16-3-10-24-15-2-1-13(11-14(15)20-16)17(23)21-8-5-18(6-9-21)4-7-19-12-18/h1-2,11,19H,3-10,12H2,(H,20,22). The minimum atomic E-state index is 0.0273. The van der Waals surface area contributed by atoms with Crippen LogP contribution in [-0.4, -0.2) is 48.6 Å². The van der Waals surface area contributed by atoms with E-state index in [0.29, 0.717) is 17.4 Å². The predicted octanol–water partition coefficient (Wildman–Crippen LogP) is 2.34. The van der Waals surface area contributed by atoms with Crippen LogP contribution < -0.4 is 10.6 Å². The Hall–Kier alpha value is -1.53. The number of benzene rings is 1. The Balaban J connectivity index is 1.48. The van der Waals surface area contributed by atoms with Crippen molar-refractivity contribution < 1.29 is 9.59 Å². The van der Waals surface area contributed by atoms with Crippen LogP contribution in [-0.2, 0) is 4.79 Å². The predicted molar refractivity (Wildman–Crippen MR) is 95.5 cm³/mol. The first kappa shape index (κ1) is 16.0. The topological polar surface area (TPSA) is 61.4 Å². The number of rotatable bonds is 1. The first-order valence-corrected chi connectivity index (χ1v) is 9.71. The minimum Gasteiger partial charge on any atom is -0.339 e. The Bertz CT molecular complexity index is 660. The molecule has 1 spiro atoms. The number of thioether (sulfide) groups is 1. The molecule has 0 atom stereocenters. The number of amides is 2. The quantitative estimate of drug-likeness (QED) is 0.820. The third kappa shape index (κ3) is 3.05. The van der Waals surface area contributed by atoms with Gasteiger partial charge >= 0.3 is 0 Å². The third-order valence-electron chi connectivity index (χ3n) is 5.53. The average Bonchev–Trinajstić information content (AvgIpc) is 2.95. The van der Waals surface area contributed by atoms with Gasteiger partial charge in [0.15, 0.2) is 0 Å². The SMILES string of the molecule is O=C1CCSc2ccc(C(=O)N3CCC4(CCNC4)CC3)cc2N1. The highest BCUT2D eigenvalue weighted by Gasteiger charge is 2.38. The zero-order valence-corrected chi connectivity index (χ0v) is 14.6. The first-order chi connectivity index (χ1) is 11.7. The highest BCUT2D eigenvalue weighted by molar-refractivity contribution is 7.99. The van der Waals surface area contributed by atoms with Gasteiger partial charge in [0.2, 0.25) is 5.91 Å². The summed E-state index contributed by atoms with van der Waals surface area (Å²) < 4.78 is 0. The number of carbonyl (C=O) groups is 2. The average molecular weight is 345 g/mol. The second kappa shape index (κ2) is 6.41. The van der Waals surface area contributed by atoms with Gasteiger partial charge in [0.25, 0.3) is 5.91 Å². The molecule has 0 bridgehead atoms. The Morgan fingerprint density at radius 1 is 1.21 bits per heavy atom. The molecular formula is C18H23N3O2S. The molecule has 3 aliphatic rings. The number of carbonyl (C=O) groups excluding carboxylic acids is 2. The number of hydrogen-bond donors (Lipinski definition) is 2. The fraction of sp³-hybridized carbons (Fsp3) is 0.556. The molecule has 5 nitrogen and oxygen atoms in total. The van der Waals surface area contributed by atoms with Gasteiger partial charge in [-0.15, -0.1) is 11.8 Å². The van der Waals surface area contributed by atoms with E-state index in [1.54, 1.807) is 11.8 Å². The van der Waals surface area contributed by atoms with Crippen molar-refractivity contribution in [3.05, 3.63) is 23.8 Å². The number of piperidine rings is 1. The maximum atomic E-state index is 12.8. The third-order valence-corrected chi connectivity index (χ3v) is 6.61. The smallest absolute Gasteiger partial charge is 0.253 e. The minimum absolute atomic E-state index is 0.0273. The molecule has 0 aliphatic carbocycles. The van der Waals surface area contributed by atoms with Crippen LogP contribution in [0.15, 0.2) is 23.1 Å². The van der Waals surface area contributed by atoms with Crippen LogP contribution in [0, 0.1) is 5.41 Å². The fourth-order valence-corrected chi connectivity index (χ4v) is 4.88. The van der Waals surface area contributed by atoms with E-state index >= 15 is 0 Å². The lowest BCUT2D eigenvalue weighted by atomic mass is 9.78. The van der Waals surface area contributed by atoms with E-state index in [1.807, 2.05) is 23.1 Å². The molecule has 2 amide bonds. The summed E-state index contributed by atoms with van der Waals surface area (Å²) >= 11 is 1.67. The van der Waals surface area contributed by atoms with Crippen molar-refractivity contribution in [3.63, 3.8) is 0 Å². The Labute approximate surface area is 146 Å². The molecule has 2 N–H and O–H groups in total. The number of fused-ring (bicyclic) bond motifs is 1. The summed E-state index contributed by atoms with van der Waals surface area (Å²) in [7, 11) is 0. The maximum absolute atomic E-state index is 12.8. The molecule has 2 saturated heterocycles. The van der Waals surface area contributed by atoms with E-state index in [2.05, 4.69) is 10.6 Å². The second-order valence-corrected chi connectivity index (χ2v) is 8.21. The van der Waals surface area contributed by atoms with Crippen LogP contribution in [0.3, 0.4) is 0 Å². The molecule has 2 fully saturated rings. The summed E-state index contributed by atoms with van der Waals surface area (Å²) in [6.45, 7) is 3.87. The number of nitrogens with zero attached hydrogens (tertiary/aromatic N) is 1. The zero-order valence-electron chi connectivity index (χ0n) is 13.8. The fourth-order valence-electron chi connectivity index (χ4n) is 3.94. The van der Waals surface area contributed by atoms with Gasteiger partial charge in [-0.3, -0.25) is 9.59 Å². The van der Waals surface area contributed by atoms with Crippen molar-refractivity contribution in [2.75, 3.05) is 37.2 Å². The van der Waals surface area contributed by atoms with Crippen LogP contribution in [0.1, 0.15) is 36.0 Å². The van der Waals surface area contributed by atoms with Crippen LogP contribution in [0.4, 0.5) is 5.69 Å². The van der Waals surface area contributed by atoms with E-state index in [1.165, 1.54) is 6.42 Å². The number of hydrogen-bond acceptors (Lipinski definition) is 4. The van der Waals surface area contributed by atoms with E-state index in [4.69, 9.17) is 0 Å². The van der Waals surface area contributed by atoms with E-state index in [9.17, 15) is 9.59 Å². The maximum Gasteiger partial charge on any atom is 0.253 e. The molecular weight excluding hydrogens is 322 g/mol. The van der Waals surface area contributed by atoms with Gasteiger partial charge in [-0.05, 0) is 49.4 Å². The Morgan fingerprint density at radius 2 is 2.04 bits per heavy atom. The van der Waals surface area contributed by atoms with Crippen LogP contribution >= 0.6 is 11.8 Å². The van der Waals surface area contributed by atoms with Crippen LogP contribution in [0.25, 0.3) is 0 Å². The van der Waals surface area contributed by atoms with Crippen molar-refractivity contribution in [1.82, 2.24) is 10.2 Å². The molecule has 0 radical (unpaired) electrons. The monoisotopic (exact) mass is 345 g/mol. The first-order valence-electron chi connectivity index (χ1n) is 8.72. The molecule has 1 aromatic carbocycles. The van der Waals surface area contributed by atoms with Crippen molar-refractivity contribution in [2.24, 2.45) is 5.41 Å². The second-order valence-electron chi connectivity index (χ2n) is 7.08. The van der Waals surface area contributed by atoms with Crippen LogP contribution in [0.2, 0.25) is 0 Å². The normalized spacial score (nSPS) is 22.8. The molecule has 128 valence electrons. The Morgan fingerprint density at radius 3 is 2.79 bits per heavy atom. The number of anilines is 1. The lowest BCUT2D eigenvalue weighted by molar-refractivity contribution is -0.115. The summed E-state index contributed by atoms with van der Waals surface area (Å²) in [5, 5.41) is 6.38. The highest BCUT2D eigenvalue weighted by atomic mass is 32.2. The van der Waals surface area contributed by atoms with Gasteiger partial charge < -0.3 is 15.5 Å². The zero-order chi connectivity index (χ0) is 16.6. The van der Waals surface area contributed by atoms with Crippen molar-refractivity contribution in [3.8, 4) is 0 Å². The molecule has 24 heavy (non-hydrogen) atoms. The molecule has 6 heteroatoms. The summed E-state index contributed by atoms with van der Waals surface area (Å²) in [5.74, 6) is 0.899. The molecule has 0 saturated carbocycles. The summed E-state index contributed by atoms with van der Waals surface area (Å²) in [6, 6.07) is 5.70. The van der Waals surface area contributed by atoms with Gasteiger partial charge in [-0.1, -0.05) is 0 Å². The van der Waals surface area contributed by atoms with Crippen molar-refractivity contribution >= 4 is 29.3 Å². The lowest BCUT2D eigenvalue weighted by Gasteiger charge is -2.39. The summed E-state index contributed by atoms with van der Waals surface area (Å²) in [6.07, 6.45) is 3.93. The molecule has 3 aliphatic heterocycles. The van der Waals surface area contributed by atoms with Gasteiger partial charge in [-0.25, -0.2) is 0 Å². The Kier molecular flexibility index (Phi) is 4.26. The van der Waals surface area contributed by atoms with Gasteiger partial charge in [0.1, 0.15) is 0 Å². The molecule has 1 aromatic rings.